The Morgan fingerprint density at radius 2 is 2.04 bits per heavy atom. The molecule has 1 heterocycles. The zero-order valence-corrected chi connectivity index (χ0v) is 13.8. The topological polar surface area (TPSA) is 96.0 Å². The van der Waals surface area contributed by atoms with Gasteiger partial charge < -0.3 is 5.11 Å². The maximum Gasteiger partial charge on any atom is 0.352 e. The molecule has 0 aromatic heterocycles. The van der Waals surface area contributed by atoms with Crippen LogP contribution < -0.4 is 5.01 Å². The number of rotatable bonds is 4. The number of benzene rings is 2. The van der Waals surface area contributed by atoms with E-state index in [2.05, 4.69) is 5.10 Å². The maximum atomic E-state index is 11.4. The van der Waals surface area contributed by atoms with E-state index in [0.717, 1.165) is 16.8 Å². The van der Waals surface area contributed by atoms with E-state index in [1.54, 1.807) is 17.1 Å². The molecule has 1 atom stereocenters. The van der Waals surface area contributed by atoms with Crippen LogP contribution in [0.2, 0.25) is 0 Å². The van der Waals surface area contributed by atoms with Gasteiger partial charge >= 0.3 is 5.97 Å². The lowest BCUT2D eigenvalue weighted by atomic mass is 10.00. The first kappa shape index (κ1) is 16.6. The van der Waals surface area contributed by atoms with Crippen molar-refractivity contribution in [2.24, 2.45) is 5.10 Å². The Hall–Kier alpha value is -3.22. The van der Waals surface area contributed by atoms with Crippen molar-refractivity contribution in [3.8, 4) is 0 Å². The van der Waals surface area contributed by atoms with Crippen LogP contribution in [0.3, 0.4) is 0 Å². The second kappa shape index (κ2) is 6.35. The van der Waals surface area contributed by atoms with Crippen LogP contribution in [0.25, 0.3) is 0 Å². The van der Waals surface area contributed by atoms with Gasteiger partial charge in [-0.2, -0.15) is 5.10 Å². The summed E-state index contributed by atoms with van der Waals surface area (Å²) in [6, 6.07) is 11.7. The van der Waals surface area contributed by atoms with Gasteiger partial charge in [-0.1, -0.05) is 29.8 Å². The number of hydrogen-bond donors (Lipinski definition) is 1. The van der Waals surface area contributed by atoms with E-state index in [0.29, 0.717) is 5.56 Å². The van der Waals surface area contributed by atoms with Crippen LogP contribution in [0.1, 0.15) is 29.2 Å². The van der Waals surface area contributed by atoms with Gasteiger partial charge in [-0.3, -0.25) is 15.1 Å². The summed E-state index contributed by atoms with van der Waals surface area (Å²) >= 11 is 0. The second-order valence-corrected chi connectivity index (χ2v) is 6.06. The minimum Gasteiger partial charge on any atom is -0.477 e. The molecule has 2 aromatic carbocycles. The van der Waals surface area contributed by atoms with Crippen molar-refractivity contribution in [1.29, 1.82) is 0 Å². The Morgan fingerprint density at radius 3 is 2.68 bits per heavy atom. The minimum atomic E-state index is -1.08. The van der Waals surface area contributed by atoms with Crippen LogP contribution in [0.15, 0.2) is 47.6 Å². The Kier molecular flexibility index (Phi) is 4.22. The molecule has 7 nitrogen and oxygen atoms in total. The fourth-order valence-corrected chi connectivity index (χ4v) is 3.03. The molecule has 0 fully saturated rings. The number of carboxylic acids is 1. The summed E-state index contributed by atoms with van der Waals surface area (Å²) < 4.78 is 0. The lowest BCUT2D eigenvalue weighted by Crippen LogP contribution is -2.19. The monoisotopic (exact) mass is 339 g/mol. The van der Waals surface area contributed by atoms with Crippen LogP contribution in [0, 0.1) is 24.0 Å². The van der Waals surface area contributed by atoms with E-state index in [4.69, 9.17) is 0 Å². The molecule has 128 valence electrons. The van der Waals surface area contributed by atoms with Gasteiger partial charge in [0.2, 0.25) is 0 Å². The highest BCUT2D eigenvalue weighted by atomic mass is 16.6. The Labute approximate surface area is 144 Å². The molecule has 2 aromatic rings. The number of carboxylic acid groups (broad SMARTS) is 1. The predicted octanol–water partition coefficient (Wildman–Crippen LogP) is 3.60. The summed E-state index contributed by atoms with van der Waals surface area (Å²) in [5.74, 6) is -1.08. The van der Waals surface area contributed by atoms with Gasteiger partial charge in [-0.25, -0.2) is 4.79 Å². The average Bonchev–Trinajstić information content (AvgIpc) is 3.00. The van der Waals surface area contributed by atoms with Gasteiger partial charge in [0.05, 0.1) is 16.7 Å². The van der Waals surface area contributed by atoms with Gasteiger partial charge in [0.25, 0.3) is 5.69 Å². The molecular formula is C18H17N3O4. The van der Waals surface area contributed by atoms with Crippen molar-refractivity contribution in [1.82, 2.24) is 0 Å². The molecule has 0 saturated carbocycles. The zero-order chi connectivity index (χ0) is 18.1. The third kappa shape index (κ3) is 3.21. The van der Waals surface area contributed by atoms with E-state index in [9.17, 15) is 20.0 Å². The smallest absolute Gasteiger partial charge is 0.352 e. The van der Waals surface area contributed by atoms with Gasteiger partial charge in [0.15, 0.2) is 0 Å². The number of nitro groups is 1. The van der Waals surface area contributed by atoms with Crippen molar-refractivity contribution in [3.05, 3.63) is 69.3 Å². The number of anilines is 1. The number of aliphatic carboxylic acids is 1. The van der Waals surface area contributed by atoms with E-state index < -0.39 is 16.9 Å². The van der Waals surface area contributed by atoms with Gasteiger partial charge in [-0.15, -0.1) is 0 Å². The number of hydrogen-bond acceptors (Lipinski definition) is 5. The predicted molar refractivity (Wildman–Crippen MR) is 93.9 cm³/mol. The fourth-order valence-electron chi connectivity index (χ4n) is 3.03. The molecule has 1 unspecified atom stereocenters. The highest BCUT2D eigenvalue weighted by Crippen LogP contribution is 2.37. The van der Waals surface area contributed by atoms with Crippen LogP contribution in [0.5, 0.6) is 0 Å². The van der Waals surface area contributed by atoms with Gasteiger partial charge in [0.1, 0.15) is 5.71 Å². The molecule has 1 aliphatic rings. The average molecular weight is 339 g/mol. The standard InChI is InChI=1S/C18H17N3O4/c1-11-6-7-16(12(2)8-11)20-17(10-15(19-20)18(22)23)13-4-3-5-14(9-13)21(24)25/h3-9,17H,10H2,1-2H3,(H,22,23). The molecule has 25 heavy (non-hydrogen) atoms. The maximum absolute atomic E-state index is 11.4. The zero-order valence-electron chi connectivity index (χ0n) is 13.8. The third-order valence-electron chi connectivity index (χ3n) is 4.22. The molecule has 7 heteroatoms. The van der Waals surface area contributed by atoms with Gasteiger partial charge in [-0.05, 0) is 31.0 Å². The van der Waals surface area contributed by atoms with Crippen molar-refractivity contribution < 1.29 is 14.8 Å². The lowest BCUT2D eigenvalue weighted by Gasteiger charge is -2.25. The summed E-state index contributed by atoms with van der Waals surface area (Å²) in [6.45, 7) is 3.91. The van der Waals surface area contributed by atoms with Crippen molar-refractivity contribution >= 4 is 23.1 Å². The van der Waals surface area contributed by atoms with E-state index in [1.165, 1.54) is 12.1 Å². The Bertz CT molecular complexity index is 892. The summed E-state index contributed by atoms with van der Waals surface area (Å²) in [5, 5.41) is 26.3. The van der Waals surface area contributed by atoms with Crippen LogP contribution in [-0.2, 0) is 4.79 Å². The van der Waals surface area contributed by atoms with Crippen LogP contribution >= 0.6 is 0 Å². The van der Waals surface area contributed by atoms with E-state index >= 15 is 0 Å². The molecule has 0 spiro atoms. The number of carbonyl (C=O) groups is 1. The molecule has 0 radical (unpaired) electrons. The number of hydrazone groups is 1. The highest BCUT2D eigenvalue weighted by Gasteiger charge is 2.33. The summed E-state index contributed by atoms with van der Waals surface area (Å²) in [4.78, 5) is 22.0. The molecule has 0 saturated heterocycles. The summed E-state index contributed by atoms with van der Waals surface area (Å²) in [6.07, 6.45) is 0.184. The molecule has 1 N–H and O–H groups in total. The third-order valence-corrected chi connectivity index (χ3v) is 4.22. The quantitative estimate of drug-likeness (QED) is 0.678. The highest BCUT2D eigenvalue weighted by molar-refractivity contribution is 6.36. The second-order valence-electron chi connectivity index (χ2n) is 6.06. The normalized spacial score (nSPS) is 16.6. The largest absolute Gasteiger partial charge is 0.477 e. The van der Waals surface area contributed by atoms with Gasteiger partial charge in [0, 0.05) is 18.6 Å². The number of nitrogens with zero attached hydrogens (tertiary/aromatic N) is 3. The van der Waals surface area contributed by atoms with Crippen LogP contribution in [-0.4, -0.2) is 21.7 Å². The molecule has 0 bridgehead atoms. The fraction of sp³-hybridized carbons (Fsp3) is 0.222. The summed E-state index contributed by atoms with van der Waals surface area (Å²) in [5.41, 5.74) is 3.52. The van der Waals surface area contributed by atoms with Crippen molar-refractivity contribution in [2.45, 2.75) is 26.3 Å². The van der Waals surface area contributed by atoms with Crippen LogP contribution in [0.4, 0.5) is 11.4 Å². The Balaban J connectivity index is 2.07. The lowest BCUT2D eigenvalue weighted by molar-refractivity contribution is -0.384. The van der Waals surface area contributed by atoms with Crippen molar-refractivity contribution in [3.63, 3.8) is 0 Å². The first-order valence-corrected chi connectivity index (χ1v) is 7.78. The Morgan fingerprint density at radius 1 is 1.28 bits per heavy atom. The minimum absolute atomic E-state index is 0.0261. The number of nitro benzene ring substituents is 1. The molecule has 1 aliphatic heterocycles. The number of non-ortho nitro benzene ring substituents is 1. The summed E-state index contributed by atoms with van der Waals surface area (Å²) in [7, 11) is 0. The molecule has 0 amide bonds. The van der Waals surface area contributed by atoms with Crippen molar-refractivity contribution in [2.75, 3.05) is 5.01 Å². The molecular weight excluding hydrogens is 322 g/mol. The SMILES string of the molecule is Cc1ccc(N2N=C(C(=O)O)CC2c2cccc([N+](=O)[O-])c2)c(C)c1. The van der Waals surface area contributed by atoms with E-state index in [1.807, 2.05) is 32.0 Å². The number of aryl methyl sites for hydroxylation is 2. The molecule has 0 aliphatic carbocycles. The first-order chi connectivity index (χ1) is 11.9. The van der Waals surface area contributed by atoms with E-state index in [-0.39, 0.29) is 17.8 Å². The molecule has 3 rings (SSSR count). The first-order valence-electron chi connectivity index (χ1n) is 7.78.